The van der Waals surface area contributed by atoms with E-state index in [-0.39, 0.29) is 18.5 Å². The van der Waals surface area contributed by atoms with E-state index >= 15 is 0 Å². The average molecular weight is 388 g/mol. The molecule has 6 heteroatoms. The van der Waals surface area contributed by atoms with Crippen LogP contribution >= 0.6 is 11.3 Å². The quantitative estimate of drug-likeness (QED) is 0.448. The second kappa shape index (κ2) is 7.05. The molecule has 0 saturated heterocycles. The lowest BCUT2D eigenvalue weighted by Gasteiger charge is -2.14. The second-order valence-electron chi connectivity index (χ2n) is 6.57. The van der Waals surface area contributed by atoms with Gasteiger partial charge in [-0.25, -0.2) is 0 Å². The first kappa shape index (κ1) is 16.9. The third-order valence-electron chi connectivity index (χ3n) is 4.82. The van der Waals surface area contributed by atoms with Crippen LogP contribution in [0.15, 0.2) is 69.9 Å². The van der Waals surface area contributed by atoms with Crippen molar-refractivity contribution >= 4 is 17.3 Å². The number of thiophene rings is 1. The zero-order valence-electron chi connectivity index (χ0n) is 14.9. The SMILES string of the molecule is O=C(CCc1nc(-c2ccsc2)no1)OC1c2ccccc2-c2ccccc21. The topological polar surface area (TPSA) is 65.2 Å². The first-order valence-electron chi connectivity index (χ1n) is 9.02. The van der Waals surface area contributed by atoms with Crippen molar-refractivity contribution in [2.24, 2.45) is 0 Å². The molecule has 0 fully saturated rings. The van der Waals surface area contributed by atoms with Crippen molar-refractivity contribution in [1.82, 2.24) is 10.1 Å². The number of fused-ring (bicyclic) bond motifs is 3. The highest BCUT2D eigenvalue weighted by molar-refractivity contribution is 7.08. The van der Waals surface area contributed by atoms with Crippen LogP contribution in [0.5, 0.6) is 0 Å². The molecule has 0 unspecified atom stereocenters. The maximum atomic E-state index is 12.5. The van der Waals surface area contributed by atoms with Crippen molar-refractivity contribution in [1.29, 1.82) is 0 Å². The molecular weight excluding hydrogens is 372 g/mol. The summed E-state index contributed by atoms with van der Waals surface area (Å²) in [7, 11) is 0. The maximum absolute atomic E-state index is 12.5. The maximum Gasteiger partial charge on any atom is 0.307 e. The Bertz CT molecular complexity index is 1090. The lowest BCUT2D eigenvalue weighted by Crippen LogP contribution is -2.11. The normalized spacial score (nSPS) is 12.6. The second-order valence-corrected chi connectivity index (χ2v) is 7.35. The van der Waals surface area contributed by atoms with Crippen molar-refractivity contribution in [3.63, 3.8) is 0 Å². The predicted molar refractivity (Wildman–Crippen MR) is 106 cm³/mol. The van der Waals surface area contributed by atoms with E-state index in [1.54, 1.807) is 11.3 Å². The molecule has 2 aromatic carbocycles. The van der Waals surface area contributed by atoms with Crippen LogP contribution in [0.2, 0.25) is 0 Å². The summed E-state index contributed by atoms with van der Waals surface area (Å²) in [5, 5.41) is 7.88. The summed E-state index contributed by atoms with van der Waals surface area (Å²) in [6, 6.07) is 18.0. The van der Waals surface area contributed by atoms with Gasteiger partial charge in [-0.2, -0.15) is 16.3 Å². The largest absolute Gasteiger partial charge is 0.452 e. The van der Waals surface area contributed by atoms with Gasteiger partial charge in [-0.05, 0) is 22.6 Å². The van der Waals surface area contributed by atoms with Crippen molar-refractivity contribution in [2.45, 2.75) is 18.9 Å². The fraction of sp³-hybridized carbons (Fsp3) is 0.136. The molecule has 0 atom stereocenters. The number of carbonyl (C=O) groups is 1. The first-order chi connectivity index (χ1) is 13.8. The van der Waals surface area contributed by atoms with Gasteiger partial charge in [0.05, 0.1) is 6.42 Å². The Balaban J connectivity index is 1.29. The van der Waals surface area contributed by atoms with E-state index in [9.17, 15) is 4.79 Å². The van der Waals surface area contributed by atoms with Crippen LogP contribution in [0.3, 0.4) is 0 Å². The Morgan fingerprint density at radius 1 is 1.04 bits per heavy atom. The van der Waals surface area contributed by atoms with Crippen molar-refractivity contribution in [3.8, 4) is 22.5 Å². The number of esters is 1. The Labute approximate surface area is 165 Å². The third kappa shape index (κ3) is 3.01. The van der Waals surface area contributed by atoms with Crippen LogP contribution in [0.25, 0.3) is 22.5 Å². The van der Waals surface area contributed by atoms with Gasteiger partial charge in [0.15, 0.2) is 6.10 Å². The van der Waals surface area contributed by atoms with E-state index < -0.39 is 0 Å². The molecular formula is C22H16N2O3S. The highest BCUT2D eigenvalue weighted by atomic mass is 32.1. The zero-order chi connectivity index (χ0) is 18.9. The summed E-state index contributed by atoms with van der Waals surface area (Å²) in [5.74, 6) is 0.695. The van der Waals surface area contributed by atoms with Crippen LogP contribution in [0, 0.1) is 0 Å². The monoisotopic (exact) mass is 388 g/mol. The minimum Gasteiger partial charge on any atom is -0.452 e. The lowest BCUT2D eigenvalue weighted by molar-refractivity contribution is -0.147. The number of benzene rings is 2. The Morgan fingerprint density at radius 2 is 1.75 bits per heavy atom. The number of carbonyl (C=O) groups excluding carboxylic acids is 1. The van der Waals surface area contributed by atoms with Crippen LogP contribution in [-0.2, 0) is 16.0 Å². The number of hydrogen-bond acceptors (Lipinski definition) is 6. The van der Waals surface area contributed by atoms with E-state index in [0.29, 0.717) is 18.1 Å². The summed E-state index contributed by atoms with van der Waals surface area (Å²) in [4.78, 5) is 16.9. The van der Waals surface area contributed by atoms with Gasteiger partial charge in [-0.1, -0.05) is 53.7 Å². The number of hydrogen-bond donors (Lipinski definition) is 0. The molecule has 0 radical (unpaired) electrons. The van der Waals surface area contributed by atoms with Crippen LogP contribution in [-0.4, -0.2) is 16.1 Å². The van der Waals surface area contributed by atoms with Crippen molar-refractivity contribution < 1.29 is 14.1 Å². The molecule has 1 aliphatic rings. The molecule has 28 heavy (non-hydrogen) atoms. The lowest BCUT2D eigenvalue weighted by atomic mass is 10.1. The molecule has 0 bridgehead atoms. The van der Waals surface area contributed by atoms with Gasteiger partial charge < -0.3 is 9.26 Å². The Kier molecular flexibility index (Phi) is 4.25. The number of aromatic nitrogens is 2. The molecule has 4 aromatic rings. The zero-order valence-corrected chi connectivity index (χ0v) is 15.7. The predicted octanol–water partition coefficient (Wildman–Crippen LogP) is 5.04. The molecule has 1 aliphatic carbocycles. The number of rotatable bonds is 5. The first-order valence-corrected chi connectivity index (χ1v) is 9.97. The summed E-state index contributed by atoms with van der Waals surface area (Å²) in [6.07, 6.45) is 0.168. The van der Waals surface area contributed by atoms with E-state index in [0.717, 1.165) is 27.8 Å². The summed E-state index contributed by atoms with van der Waals surface area (Å²) >= 11 is 1.57. The fourth-order valence-electron chi connectivity index (χ4n) is 3.50. The van der Waals surface area contributed by atoms with E-state index in [2.05, 4.69) is 22.3 Å². The molecule has 0 spiro atoms. The van der Waals surface area contributed by atoms with E-state index in [1.807, 2.05) is 53.2 Å². The van der Waals surface area contributed by atoms with Crippen LogP contribution in [0.4, 0.5) is 0 Å². The molecule has 138 valence electrons. The number of nitrogens with zero attached hydrogens (tertiary/aromatic N) is 2. The van der Waals surface area contributed by atoms with Crippen molar-refractivity contribution in [2.75, 3.05) is 0 Å². The van der Waals surface area contributed by atoms with Crippen molar-refractivity contribution in [3.05, 3.63) is 82.4 Å². The summed E-state index contributed by atoms with van der Waals surface area (Å²) in [6.45, 7) is 0. The van der Waals surface area contributed by atoms with Crippen LogP contribution < -0.4 is 0 Å². The smallest absolute Gasteiger partial charge is 0.307 e. The van der Waals surface area contributed by atoms with E-state index in [1.165, 1.54) is 0 Å². The summed E-state index contributed by atoms with van der Waals surface area (Å²) in [5.41, 5.74) is 5.20. The van der Waals surface area contributed by atoms with Gasteiger partial charge >= 0.3 is 5.97 Å². The highest BCUT2D eigenvalue weighted by Gasteiger charge is 2.30. The van der Waals surface area contributed by atoms with Gasteiger partial charge in [0.1, 0.15) is 0 Å². The average Bonchev–Trinajstić information content (AvgIpc) is 3.47. The minimum atomic E-state index is -0.371. The van der Waals surface area contributed by atoms with Gasteiger partial charge in [-0.15, -0.1) is 0 Å². The molecule has 0 aliphatic heterocycles. The number of aryl methyl sites for hydroxylation is 1. The molecule has 2 aromatic heterocycles. The molecule has 5 nitrogen and oxygen atoms in total. The van der Waals surface area contributed by atoms with Gasteiger partial charge in [0, 0.05) is 28.5 Å². The van der Waals surface area contributed by atoms with Crippen LogP contribution in [0.1, 0.15) is 29.5 Å². The van der Waals surface area contributed by atoms with Gasteiger partial charge in [0.25, 0.3) is 0 Å². The molecule has 0 amide bonds. The third-order valence-corrected chi connectivity index (χ3v) is 5.50. The fourth-order valence-corrected chi connectivity index (χ4v) is 4.14. The molecule has 5 rings (SSSR count). The van der Waals surface area contributed by atoms with E-state index in [4.69, 9.17) is 9.26 Å². The number of ether oxygens (including phenoxy) is 1. The Hall–Kier alpha value is -3.25. The molecule has 2 heterocycles. The van der Waals surface area contributed by atoms with Gasteiger partial charge in [0.2, 0.25) is 11.7 Å². The molecule has 0 saturated carbocycles. The standard InChI is InChI=1S/C22H16N2O3S/c25-20(10-9-19-23-22(24-27-19)14-11-12-28-13-14)26-21-17-7-3-1-5-15(17)16-6-2-4-8-18(16)21/h1-8,11-13,21H,9-10H2. The highest BCUT2D eigenvalue weighted by Crippen LogP contribution is 2.45. The summed E-state index contributed by atoms with van der Waals surface area (Å²) < 4.78 is 11.1. The Morgan fingerprint density at radius 3 is 2.43 bits per heavy atom. The molecule has 0 N–H and O–H groups in total. The minimum absolute atomic E-state index is 0.187. The van der Waals surface area contributed by atoms with Gasteiger partial charge in [-0.3, -0.25) is 4.79 Å².